The molecule has 0 amide bonds. The molecule has 4 aliphatic rings. The summed E-state index contributed by atoms with van der Waals surface area (Å²) in [4.78, 5) is 15.0. The Balaban J connectivity index is 1.25. The Kier molecular flexibility index (Phi) is 4.72. The second-order valence-electron chi connectivity index (χ2n) is 10.5. The first-order valence-corrected chi connectivity index (χ1v) is 12.0. The minimum Gasteiger partial charge on any atom is -0.258 e. The topological polar surface area (TPSA) is 55.5 Å². The van der Waals surface area contributed by atoms with Crippen LogP contribution >= 0.6 is 0 Å². The largest absolute Gasteiger partial charge is 0.269 e. The highest BCUT2D eigenvalue weighted by molar-refractivity contribution is 5.82. The van der Waals surface area contributed by atoms with Crippen molar-refractivity contribution in [3.8, 4) is 0 Å². The standard InChI is InChI=1S/C29H28N2O2/c32-31(33)27-12-6-21(7-13-27)19-30-26-10-8-25(9-11-26)29-17-22-14-23(18-29)16-28(15-22,20-29)24-4-2-1-3-5-24/h1-13,19,22-23H,14-18,20H2/t22-,23-,28?,29?/m1/s1. The van der Waals surface area contributed by atoms with Gasteiger partial charge in [-0.2, -0.15) is 0 Å². The minimum atomic E-state index is -0.383. The molecule has 0 spiro atoms. The molecule has 4 saturated carbocycles. The van der Waals surface area contributed by atoms with Gasteiger partial charge in [-0.15, -0.1) is 0 Å². The van der Waals surface area contributed by atoms with Crippen molar-refractivity contribution in [3.63, 3.8) is 0 Å². The molecular formula is C29H28N2O2. The number of nitro benzene ring substituents is 1. The Hall–Kier alpha value is -3.27. The van der Waals surface area contributed by atoms with Crippen molar-refractivity contribution in [2.24, 2.45) is 16.8 Å². The second-order valence-corrected chi connectivity index (χ2v) is 10.5. The summed E-state index contributed by atoms with van der Waals surface area (Å²) < 4.78 is 0. The Labute approximate surface area is 194 Å². The molecule has 4 fully saturated rings. The first-order chi connectivity index (χ1) is 16.0. The van der Waals surface area contributed by atoms with E-state index in [0.29, 0.717) is 10.8 Å². The Morgan fingerprint density at radius 2 is 1.36 bits per heavy atom. The molecule has 4 heteroatoms. The normalized spacial score (nSPS) is 30.1. The van der Waals surface area contributed by atoms with E-state index in [1.54, 1.807) is 23.9 Å². The lowest BCUT2D eigenvalue weighted by atomic mass is 9.42. The predicted octanol–water partition coefficient (Wildman–Crippen LogP) is 7.14. The van der Waals surface area contributed by atoms with Gasteiger partial charge >= 0.3 is 0 Å². The SMILES string of the molecule is O=[N+]([O-])c1ccc(C=Nc2ccc(C34C[C@@H]5C[C@H](CC(c6ccccc6)(C5)C3)C4)cc2)cc1. The Morgan fingerprint density at radius 1 is 0.788 bits per heavy atom. The molecule has 0 saturated heterocycles. The quantitative estimate of drug-likeness (QED) is 0.243. The van der Waals surface area contributed by atoms with Crippen LogP contribution in [0.1, 0.15) is 55.2 Å². The monoisotopic (exact) mass is 436 g/mol. The van der Waals surface area contributed by atoms with Gasteiger partial charge in [-0.05, 0) is 102 Å². The summed E-state index contributed by atoms with van der Waals surface area (Å²) >= 11 is 0. The molecule has 4 bridgehead atoms. The van der Waals surface area contributed by atoms with Crippen molar-refractivity contribution in [2.75, 3.05) is 0 Å². The average molecular weight is 437 g/mol. The van der Waals surface area contributed by atoms with Crippen LogP contribution < -0.4 is 0 Å². The van der Waals surface area contributed by atoms with Crippen molar-refractivity contribution >= 4 is 17.6 Å². The van der Waals surface area contributed by atoms with Crippen LogP contribution in [0.3, 0.4) is 0 Å². The van der Waals surface area contributed by atoms with Crippen molar-refractivity contribution in [3.05, 3.63) is 106 Å². The van der Waals surface area contributed by atoms with Crippen LogP contribution in [0.2, 0.25) is 0 Å². The number of nitrogens with zero attached hydrogens (tertiary/aromatic N) is 2. The maximum absolute atomic E-state index is 10.8. The van der Waals surface area contributed by atoms with Gasteiger partial charge in [0.25, 0.3) is 5.69 Å². The van der Waals surface area contributed by atoms with E-state index in [0.717, 1.165) is 23.1 Å². The van der Waals surface area contributed by atoms with E-state index in [4.69, 9.17) is 0 Å². The van der Waals surface area contributed by atoms with Crippen LogP contribution in [0.15, 0.2) is 83.9 Å². The van der Waals surface area contributed by atoms with Crippen molar-refractivity contribution in [1.29, 1.82) is 0 Å². The summed E-state index contributed by atoms with van der Waals surface area (Å²) in [6.45, 7) is 0. The van der Waals surface area contributed by atoms with Gasteiger partial charge in [-0.1, -0.05) is 42.5 Å². The van der Waals surface area contributed by atoms with E-state index in [2.05, 4.69) is 59.6 Å². The van der Waals surface area contributed by atoms with E-state index < -0.39 is 0 Å². The molecule has 0 aromatic heterocycles. The van der Waals surface area contributed by atoms with Crippen LogP contribution in [0.5, 0.6) is 0 Å². The molecule has 0 aliphatic heterocycles. The van der Waals surface area contributed by atoms with Crippen LogP contribution in [0, 0.1) is 22.0 Å². The summed E-state index contributed by atoms with van der Waals surface area (Å²) in [7, 11) is 0. The number of nitro groups is 1. The van der Waals surface area contributed by atoms with Crippen molar-refractivity contribution in [2.45, 2.75) is 49.4 Å². The number of rotatable bonds is 5. The lowest BCUT2D eigenvalue weighted by molar-refractivity contribution is -0.384. The predicted molar refractivity (Wildman–Crippen MR) is 131 cm³/mol. The number of aliphatic imine (C=N–C) groups is 1. The van der Waals surface area contributed by atoms with Crippen LogP contribution in [-0.4, -0.2) is 11.1 Å². The van der Waals surface area contributed by atoms with Gasteiger partial charge in [-0.25, -0.2) is 0 Å². The maximum Gasteiger partial charge on any atom is 0.269 e. The van der Waals surface area contributed by atoms with Crippen LogP contribution in [0.4, 0.5) is 11.4 Å². The van der Waals surface area contributed by atoms with Crippen molar-refractivity contribution < 1.29 is 4.92 Å². The van der Waals surface area contributed by atoms with Gasteiger partial charge in [0.1, 0.15) is 0 Å². The zero-order valence-electron chi connectivity index (χ0n) is 18.7. The van der Waals surface area contributed by atoms with E-state index in [-0.39, 0.29) is 10.6 Å². The van der Waals surface area contributed by atoms with Crippen molar-refractivity contribution in [1.82, 2.24) is 0 Å². The Morgan fingerprint density at radius 3 is 1.94 bits per heavy atom. The van der Waals surface area contributed by atoms with Crippen LogP contribution in [0.25, 0.3) is 0 Å². The third-order valence-electron chi connectivity index (χ3n) is 8.39. The van der Waals surface area contributed by atoms with Gasteiger partial charge in [0.2, 0.25) is 0 Å². The summed E-state index contributed by atoms with van der Waals surface area (Å²) in [6, 6.07) is 26.6. The number of benzene rings is 3. The second kappa shape index (κ2) is 7.65. The molecule has 2 atom stereocenters. The van der Waals surface area contributed by atoms with Gasteiger partial charge in [-0.3, -0.25) is 15.1 Å². The molecule has 33 heavy (non-hydrogen) atoms. The molecule has 0 heterocycles. The van der Waals surface area contributed by atoms with Gasteiger partial charge in [0.15, 0.2) is 0 Å². The number of non-ortho nitro benzene ring substituents is 1. The zero-order chi connectivity index (χ0) is 22.5. The Bertz CT molecular complexity index is 1180. The van der Waals surface area contributed by atoms with Crippen LogP contribution in [-0.2, 0) is 10.8 Å². The highest BCUT2D eigenvalue weighted by Crippen LogP contribution is 2.66. The van der Waals surface area contributed by atoms with E-state index in [1.165, 1.54) is 56.2 Å². The third-order valence-corrected chi connectivity index (χ3v) is 8.39. The number of hydrogen-bond acceptors (Lipinski definition) is 3. The van der Waals surface area contributed by atoms with Gasteiger partial charge in [0.05, 0.1) is 10.6 Å². The van der Waals surface area contributed by atoms with E-state index >= 15 is 0 Å². The highest BCUT2D eigenvalue weighted by atomic mass is 16.6. The molecule has 0 N–H and O–H groups in total. The fourth-order valence-electron chi connectivity index (χ4n) is 7.46. The first kappa shape index (κ1) is 20.3. The lowest BCUT2D eigenvalue weighted by Crippen LogP contribution is -2.55. The maximum atomic E-state index is 10.8. The lowest BCUT2D eigenvalue weighted by Gasteiger charge is -2.62. The average Bonchev–Trinajstić information content (AvgIpc) is 2.83. The minimum absolute atomic E-state index is 0.0975. The summed E-state index contributed by atoms with van der Waals surface area (Å²) in [5.41, 5.74) is 5.54. The molecule has 0 unspecified atom stereocenters. The molecule has 166 valence electrons. The van der Waals surface area contributed by atoms with Gasteiger partial charge < -0.3 is 0 Å². The molecule has 3 aromatic rings. The van der Waals surface area contributed by atoms with E-state index in [9.17, 15) is 10.1 Å². The molecule has 3 aromatic carbocycles. The fraction of sp³-hybridized carbons (Fsp3) is 0.345. The highest BCUT2D eigenvalue weighted by Gasteiger charge is 2.58. The smallest absolute Gasteiger partial charge is 0.258 e. The van der Waals surface area contributed by atoms with Gasteiger partial charge in [0, 0.05) is 18.3 Å². The zero-order valence-corrected chi connectivity index (χ0v) is 18.7. The number of hydrogen-bond donors (Lipinski definition) is 0. The van der Waals surface area contributed by atoms with E-state index in [1.807, 2.05) is 0 Å². The molecule has 0 radical (unpaired) electrons. The molecule has 7 rings (SSSR count). The summed E-state index contributed by atoms with van der Waals surface area (Å²) in [6.07, 6.45) is 9.80. The third kappa shape index (κ3) is 3.58. The molecular weight excluding hydrogens is 408 g/mol. The molecule has 4 nitrogen and oxygen atoms in total. The summed E-state index contributed by atoms with van der Waals surface area (Å²) in [5.74, 6) is 1.68. The molecule has 4 aliphatic carbocycles. The fourth-order valence-corrected chi connectivity index (χ4v) is 7.46. The summed E-state index contributed by atoms with van der Waals surface area (Å²) in [5, 5.41) is 10.8. The first-order valence-electron chi connectivity index (χ1n) is 12.0.